The topological polar surface area (TPSA) is 193 Å². The maximum Gasteiger partial charge on any atom is 0.368 e. The van der Waals surface area contributed by atoms with E-state index in [0.29, 0.717) is 0 Å². The zero-order valence-electron chi connectivity index (χ0n) is 19.1. The Bertz CT molecular complexity index is 1560. The smallest absolute Gasteiger partial charge is 0.368 e. The van der Waals surface area contributed by atoms with Gasteiger partial charge in [0.05, 0.1) is 24.8 Å². The van der Waals surface area contributed by atoms with Gasteiger partial charge in [-0.2, -0.15) is 23.1 Å². The fraction of sp³-hybridized carbons (Fsp3) is 0.222. The third-order valence-electron chi connectivity index (χ3n) is 4.64. The van der Waals surface area contributed by atoms with Crippen LogP contribution in [-0.2, 0) is 14.1 Å². The average Bonchev–Trinajstić information content (AvgIpc) is 3.36. The third-order valence-corrected chi connectivity index (χ3v) is 4.64. The summed E-state index contributed by atoms with van der Waals surface area (Å²) < 4.78 is 40.3. The number of methoxy groups -OCH3 is 2. The van der Waals surface area contributed by atoms with Crippen LogP contribution >= 0.6 is 0 Å². The predicted octanol–water partition coefficient (Wildman–Crippen LogP) is -0.282. The summed E-state index contributed by atoms with van der Waals surface area (Å²) >= 11 is 0. The first-order valence-corrected chi connectivity index (χ1v) is 9.63. The normalized spacial score (nSPS) is 10.5. The molecule has 0 radical (unpaired) electrons. The lowest BCUT2D eigenvalue weighted by Gasteiger charge is -2.08. The predicted molar refractivity (Wildman–Crippen MR) is 117 cm³/mol. The van der Waals surface area contributed by atoms with E-state index in [1.165, 1.54) is 34.4 Å². The molecule has 4 rings (SSSR count). The number of nitro groups is 1. The van der Waals surface area contributed by atoms with E-state index in [2.05, 4.69) is 20.9 Å². The standard InChI is InChI=1S/C9H8FN5O4.C9H10FN5O2/c1-13-9(16)14(12-11-13)7-4-6(15(17)18)5(10)3-8(7)19-2;1-14-9(16)15(13-12-14)7-4-6(11)5(10)3-8(7)17-2/h3-4H,1-2H3;3-4H,11H2,1-2H3. The Morgan fingerprint density at radius 3 is 1.67 bits per heavy atom. The Kier molecular flexibility index (Phi) is 7.07. The maximum atomic E-state index is 13.4. The van der Waals surface area contributed by atoms with Crippen LogP contribution in [0, 0.1) is 21.7 Å². The molecule has 0 aliphatic rings. The van der Waals surface area contributed by atoms with Gasteiger partial charge in [0.25, 0.3) is 0 Å². The number of ether oxygens (including phenoxy) is 2. The van der Waals surface area contributed by atoms with E-state index in [9.17, 15) is 28.5 Å². The summed E-state index contributed by atoms with van der Waals surface area (Å²) in [5, 5.41) is 24.8. The van der Waals surface area contributed by atoms with Crippen LogP contribution in [0.3, 0.4) is 0 Å². The number of nitrogen functional groups attached to an aromatic ring is 1. The lowest BCUT2D eigenvalue weighted by Crippen LogP contribution is -2.22. The number of tetrazole rings is 2. The van der Waals surface area contributed by atoms with Gasteiger partial charge in [0.15, 0.2) is 0 Å². The van der Waals surface area contributed by atoms with Crippen molar-refractivity contribution in [3.63, 3.8) is 0 Å². The highest BCUT2D eigenvalue weighted by atomic mass is 19.1. The fourth-order valence-electron chi connectivity index (χ4n) is 2.82. The van der Waals surface area contributed by atoms with Gasteiger partial charge in [-0.05, 0) is 26.9 Å². The molecule has 0 aliphatic carbocycles. The minimum Gasteiger partial charge on any atom is -0.494 e. The van der Waals surface area contributed by atoms with Crippen molar-refractivity contribution >= 4 is 11.4 Å². The molecular formula is C18H18F2N10O6. The van der Waals surface area contributed by atoms with Crippen molar-refractivity contribution in [1.82, 2.24) is 39.6 Å². The van der Waals surface area contributed by atoms with Crippen molar-refractivity contribution in [3.05, 3.63) is 67.0 Å². The van der Waals surface area contributed by atoms with E-state index < -0.39 is 33.6 Å². The molecule has 0 saturated heterocycles. The molecule has 0 bridgehead atoms. The Labute approximate surface area is 198 Å². The zero-order chi connectivity index (χ0) is 26.7. The van der Waals surface area contributed by atoms with Gasteiger partial charge in [-0.25, -0.2) is 14.0 Å². The van der Waals surface area contributed by atoms with Crippen molar-refractivity contribution in [1.29, 1.82) is 0 Å². The van der Waals surface area contributed by atoms with E-state index in [4.69, 9.17) is 15.2 Å². The Hall–Kier alpha value is -5.16. The van der Waals surface area contributed by atoms with E-state index in [0.717, 1.165) is 36.9 Å². The van der Waals surface area contributed by atoms with Crippen LogP contribution in [0.1, 0.15) is 0 Å². The molecule has 2 aromatic carbocycles. The average molecular weight is 508 g/mol. The number of hydrogen-bond donors (Lipinski definition) is 1. The molecule has 0 fully saturated rings. The Morgan fingerprint density at radius 1 is 0.833 bits per heavy atom. The first-order valence-electron chi connectivity index (χ1n) is 9.63. The lowest BCUT2D eigenvalue weighted by molar-refractivity contribution is -0.387. The zero-order valence-corrected chi connectivity index (χ0v) is 19.1. The number of nitrogens with two attached hydrogens (primary N) is 1. The number of aryl methyl sites for hydroxylation is 2. The van der Waals surface area contributed by atoms with Crippen LogP contribution in [-0.4, -0.2) is 58.7 Å². The number of hydrogen-bond acceptors (Lipinski definition) is 11. The molecule has 16 nitrogen and oxygen atoms in total. The number of rotatable bonds is 5. The SMILES string of the molecule is COc1cc(F)c(N)cc1-n1nnn(C)c1=O.COc1cc(F)c([N+](=O)[O-])cc1-n1nnn(C)c1=O. The number of halogens is 2. The summed E-state index contributed by atoms with van der Waals surface area (Å²) in [5.41, 5.74) is 3.62. The van der Waals surface area contributed by atoms with E-state index >= 15 is 0 Å². The Morgan fingerprint density at radius 2 is 1.28 bits per heavy atom. The second-order valence-electron chi connectivity index (χ2n) is 6.87. The summed E-state index contributed by atoms with van der Waals surface area (Å²) in [5.74, 6) is -1.60. The summed E-state index contributed by atoms with van der Waals surface area (Å²) in [6.45, 7) is 0. The van der Waals surface area contributed by atoms with E-state index in [1.54, 1.807) is 0 Å². The van der Waals surface area contributed by atoms with Gasteiger partial charge in [-0.3, -0.25) is 10.1 Å². The molecule has 18 heteroatoms. The number of anilines is 1. The molecule has 36 heavy (non-hydrogen) atoms. The molecule has 190 valence electrons. The van der Waals surface area contributed by atoms with Gasteiger partial charge in [0.2, 0.25) is 5.82 Å². The molecule has 0 atom stereocenters. The van der Waals surface area contributed by atoms with Crippen molar-refractivity contribution in [2.24, 2.45) is 14.1 Å². The molecule has 0 aliphatic heterocycles. The summed E-state index contributed by atoms with van der Waals surface area (Å²) in [6.07, 6.45) is 0. The van der Waals surface area contributed by atoms with Crippen molar-refractivity contribution in [2.45, 2.75) is 0 Å². The van der Waals surface area contributed by atoms with Gasteiger partial charge in [-0.1, -0.05) is 0 Å². The number of benzene rings is 2. The molecule has 0 unspecified atom stereocenters. The van der Waals surface area contributed by atoms with E-state index in [-0.39, 0.29) is 28.6 Å². The van der Waals surface area contributed by atoms with Crippen LogP contribution in [0.25, 0.3) is 11.4 Å². The van der Waals surface area contributed by atoms with Crippen LogP contribution in [0.4, 0.5) is 20.2 Å². The first-order chi connectivity index (χ1) is 17.0. The highest BCUT2D eigenvalue weighted by Gasteiger charge is 2.22. The minimum absolute atomic E-state index is 0.0614. The second kappa shape index (κ2) is 9.99. The second-order valence-corrected chi connectivity index (χ2v) is 6.87. The molecule has 2 heterocycles. The van der Waals surface area contributed by atoms with Gasteiger partial charge < -0.3 is 15.2 Å². The minimum atomic E-state index is -1.07. The summed E-state index contributed by atoms with van der Waals surface area (Å²) in [7, 11) is 5.41. The van der Waals surface area contributed by atoms with Crippen LogP contribution in [0.5, 0.6) is 11.5 Å². The highest BCUT2D eigenvalue weighted by Crippen LogP contribution is 2.29. The van der Waals surface area contributed by atoms with Gasteiger partial charge in [0, 0.05) is 32.3 Å². The van der Waals surface area contributed by atoms with Crippen LogP contribution < -0.4 is 26.6 Å². The lowest BCUT2D eigenvalue weighted by atomic mass is 10.2. The molecule has 0 saturated carbocycles. The van der Waals surface area contributed by atoms with Gasteiger partial charge in [0.1, 0.15) is 28.7 Å². The fourth-order valence-corrected chi connectivity index (χ4v) is 2.82. The third kappa shape index (κ3) is 4.72. The van der Waals surface area contributed by atoms with Gasteiger partial charge >= 0.3 is 17.1 Å². The highest BCUT2D eigenvalue weighted by molar-refractivity contribution is 5.56. The van der Waals surface area contributed by atoms with Crippen LogP contribution in [0.2, 0.25) is 0 Å². The first kappa shape index (κ1) is 25.5. The van der Waals surface area contributed by atoms with Gasteiger partial charge in [-0.15, -0.1) is 0 Å². The largest absolute Gasteiger partial charge is 0.494 e. The number of aromatic nitrogens is 8. The van der Waals surface area contributed by atoms with Crippen LogP contribution in [0.15, 0.2) is 33.9 Å². The number of nitrogens with zero attached hydrogens (tertiary/aromatic N) is 9. The summed E-state index contributed by atoms with van der Waals surface area (Å²) in [4.78, 5) is 33.1. The van der Waals surface area contributed by atoms with E-state index in [1.807, 2.05) is 0 Å². The van der Waals surface area contributed by atoms with Crippen molar-refractivity contribution in [2.75, 3.05) is 20.0 Å². The molecule has 2 aromatic heterocycles. The number of nitro benzene ring substituents is 1. The summed E-state index contributed by atoms with van der Waals surface area (Å²) in [6, 6.07) is 4.04. The van der Waals surface area contributed by atoms with Crippen molar-refractivity contribution in [3.8, 4) is 22.9 Å². The van der Waals surface area contributed by atoms with Crippen molar-refractivity contribution < 1.29 is 23.2 Å². The molecular weight excluding hydrogens is 490 g/mol. The quantitative estimate of drug-likeness (QED) is 0.212. The monoisotopic (exact) mass is 508 g/mol. The molecule has 2 N–H and O–H groups in total. The molecule has 0 amide bonds. The Balaban J connectivity index is 0.000000202. The molecule has 0 spiro atoms. The maximum absolute atomic E-state index is 13.4. The molecule has 4 aromatic rings.